The van der Waals surface area contributed by atoms with Crippen LogP contribution in [0.25, 0.3) is 11.1 Å². The number of nitrogens with zero attached hydrogens (tertiary/aromatic N) is 2. The second-order valence-corrected chi connectivity index (χ2v) is 7.73. The van der Waals surface area contributed by atoms with E-state index in [0.717, 1.165) is 31.5 Å². The number of nitrogens with one attached hydrogen (secondary N) is 1. The van der Waals surface area contributed by atoms with Gasteiger partial charge in [0.25, 0.3) is 0 Å². The second kappa shape index (κ2) is 5.96. The second-order valence-electron chi connectivity index (χ2n) is 7.73. The van der Waals surface area contributed by atoms with Gasteiger partial charge in [-0.3, -0.25) is 4.79 Å². The van der Waals surface area contributed by atoms with E-state index in [1.807, 2.05) is 24.3 Å². The molecule has 3 aliphatic heterocycles. The van der Waals surface area contributed by atoms with Crippen LogP contribution in [0.15, 0.2) is 48.5 Å². The Morgan fingerprint density at radius 3 is 2.08 bits per heavy atom. The monoisotopic (exact) mass is 343 g/mol. The summed E-state index contributed by atoms with van der Waals surface area (Å²) in [5.41, 5.74) is 4.34. The zero-order valence-corrected chi connectivity index (χ0v) is 14.6. The number of hydrogen-bond donors (Lipinski definition) is 1. The zero-order valence-electron chi connectivity index (χ0n) is 14.6. The molecular weight excluding hydrogens is 322 g/mol. The van der Waals surface area contributed by atoms with Gasteiger partial charge in [0.1, 0.15) is 0 Å². The van der Waals surface area contributed by atoms with E-state index in [4.69, 9.17) is 5.26 Å². The first-order valence-electron chi connectivity index (χ1n) is 9.38. The van der Waals surface area contributed by atoms with E-state index in [9.17, 15) is 4.79 Å². The number of amides is 1. The van der Waals surface area contributed by atoms with E-state index >= 15 is 0 Å². The molecular formula is C22H21N3O. The highest BCUT2D eigenvalue weighted by Crippen LogP contribution is 2.39. The van der Waals surface area contributed by atoms with Crippen molar-refractivity contribution in [2.45, 2.75) is 30.8 Å². The third-order valence-electron chi connectivity index (χ3n) is 6.01. The van der Waals surface area contributed by atoms with Gasteiger partial charge in [-0.05, 0) is 41.7 Å². The van der Waals surface area contributed by atoms with Crippen molar-refractivity contribution in [3.8, 4) is 17.2 Å². The van der Waals surface area contributed by atoms with Crippen molar-refractivity contribution in [2.75, 3.05) is 13.1 Å². The summed E-state index contributed by atoms with van der Waals surface area (Å²) < 4.78 is 0. The van der Waals surface area contributed by atoms with Crippen molar-refractivity contribution in [3.05, 3.63) is 59.7 Å². The molecule has 2 bridgehead atoms. The van der Waals surface area contributed by atoms with Crippen molar-refractivity contribution < 1.29 is 4.79 Å². The molecule has 1 saturated carbocycles. The van der Waals surface area contributed by atoms with Crippen LogP contribution >= 0.6 is 0 Å². The standard InChI is InChI=1S/C22H21N3O/c23-11-14-1-3-15(4-2-14)16-5-7-17(8-6-16)21-19-12-25(13-20(21)24-19)22(26)18-9-10-18/h1-8,18-21,24H,9-10,12-13H2/t19-,20+,21?. The molecule has 4 fully saturated rings. The summed E-state index contributed by atoms with van der Waals surface area (Å²) >= 11 is 0. The molecule has 4 nitrogen and oxygen atoms in total. The maximum atomic E-state index is 12.3. The lowest BCUT2D eigenvalue weighted by Crippen LogP contribution is -2.72. The van der Waals surface area contributed by atoms with Crippen LogP contribution in [0.2, 0.25) is 0 Å². The topological polar surface area (TPSA) is 56.1 Å². The van der Waals surface area contributed by atoms with Gasteiger partial charge in [0.05, 0.1) is 11.6 Å². The summed E-state index contributed by atoms with van der Waals surface area (Å²) in [6.07, 6.45) is 2.16. The highest BCUT2D eigenvalue weighted by atomic mass is 16.2. The number of fused-ring (bicyclic) bond motifs is 2. The van der Waals surface area contributed by atoms with Gasteiger partial charge in [-0.1, -0.05) is 36.4 Å². The Morgan fingerprint density at radius 1 is 0.962 bits per heavy atom. The predicted octanol–water partition coefficient (Wildman–Crippen LogP) is 2.90. The molecule has 0 spiro atoms. The first-order valence-corrected chi connectivity index (χ1v) is 9.38. The Hall–Kier alpha value is -2.64. The summed E-state index contributed by atoms with van der Waals surface area (Å²) in [5.74, 6) is 1.20. The molecule has 0 aromatic heterocycles. The Morgan fingerprint density at radius 2 is 1.54 bits per heavy atom. The molecule has 1 aliphatic carbocycles. The third kappa shape index (κ3) is 2.60. The van der Waals surface area contributed by atoms with Crippen molar-refractivity contribution in [1.29, 1.82) is 5.26 Å². The highest BCUT2D eigenvalue weighted by molar-refractivity contribution is 5.81. The maximum absolute atomic E-state index is 12.3. The Bertz CT molecular complexity index is 865. The Balaban J connectivity index is 1.29. The highest BCUT2D eigenvalue weighted by Gasteiger charge is 2.49. The molecule has 130 valence electrons. The number of piperazine rings is 1. The average Bonchev–Trinajstić information content (AvgIpc) is 3.53. The van der Waals surface area contributed by atoms with Gasteiger partial charge in [0.2, 0.25) is 5.91 Å². The minimum absolute atomic E-state index is 0.317. The Kier molecular flexibility index (Phi) is 3.58. The van der Waals surface area contributed by atoms with E-state index in [2.05, 4.69) is 40.6 Å². The summed E-state index contributed by atoms with van der Waals surface area (Å²) in [7, 11) is 0. The third-order valence-corrected chi connectivity index (χ3v) is 6.01. The van der Waals surface area contributed by atoms with Crippen LogP contribution in [0.1, 0.15) is 29.9 Å². The van der Waals surface area contributed by atoms with Gasteiger partial charge < -0.3 is 10.2 Å². The zero-order chi connectivity index (χ0) is 17.7. The molecule has 1 N–H and O–H groups in total. The van der Waals surface area contributed by atoms with Gasteiger partial charge in [-0.15, -0.1) is 0 Å². The molecule has 3 atom stereocenters. The van der Waals surface area contributed by atoms with Gasteiger partial charge in [-0.25, -0.2) is 0 Å². The fraction of sp³-hybridized carbons (Fsp3) is 0.364. The largest absolute Gasteiger partial charge is 0.339 e. The fourth-order valence-corrected chi connectivity index (χ4v) is 4.39. The molecule has 2 aromatic carbocycles. The van der Waals surface area contributed by atoms with Crippen LogP contribution in [-0.4, -0.2) is 36.0 Å². The van der Waals surface area contributed by atoms with Crippen molar-refractivity contribution in [1.82, 2.24) is 10.2 Å². The lowest BCUT2D eigenvalue weighted by molar-refractivity contribution is -0.137. The minimum Gasteiger partial charge on any atom is -0.339 e. The normalized spacial score (nSPS) is 26.7. The Labute approximate surface area is 153 Å². The van der Waals surface area contributed by atoms with E-state index < -0.39 is 0 Å². The molecule has 4 aliphatic rings. The average molecular weight is 343 g/mol. The van der Waals surface area contributed by atoms with Crippen LogP contribution < -0.4 is 5.32 Å². The van der Waals surface area contributed by atoms with Gasteiger partial charge >= 0.3 is 0 Å². The smallest absolute Gasteiger partial charge is 0.225 e. The van der Waals surface area contributed by atoms with Gasteiger partial charge in [0.15, 0.2) is 0 Å². The SMILES string of the molecule is N#Cc1ccc(-c2ccc(C3[C@@H]4CN(C(=O)C5CC5)C[C@H]3N4)cc2)cc1. The predicted molar refractivity (Wildman–Crippen MR) is 99.3 cm³/mol. The van der Waals surface area contributed by atoms with E-state index in [0.29, 0.717) is 35.4 Å². The first-order chi connectivity index (χ1) is 12.7. The van der Waals surface area contributed by atoms with Crippen LogP contribution in [0, 0.1) is 17.2 Å². The summed E-state index contributed by atoms with van der Waals surface area (Å²) in [6, 6.07) is 19.4. The molecule has 0 radical (unpaired) electrons. The molecule has 3 saturated heterocycles. The number of rotatable bonds is 3. The summed E-state index contributed by atoms with van der Waals surface area (Å²) in [4.78, 5) is 14.4. The van der Waals surface area contributed by atoms with Crippen LogP contribution in [0.3, 0.4) is 0 Å². The molecule has 26 heavy (non-hydrogen) atoms. The number of carbonyl (C=O) groups is 1. The van der Waals surface area contributed by atoms with Crippen molar-refractivity contribution in [2.24, 2.45) is 5.92 Å². The van der Waals surface area contributed by atoms with Crippen molar-refractivity contribution >= 4 is 5.91 Å². The van der Waals surface area contributed by atoms with Gasteiger partial charge in [-0.2, -0.15) is 5.26 Å². The molecule has 1 amide bonds. The molecule has 6 rings (SSSR count). The number of carbonyl (C=O) groups excluding carboxylic acids is 1. The molecule has 3 heterocycles. The van der Waals surface area contributed by atoms with Crippen molar-refractivity contribution in [3.63, 3.8) is 0 Å². The van der Waals surface area contributed by atoms with Gasteiger partial charge in [0, 0.05) is 37.0 Å². The maximum Gasteiger partial charge on any atom is 0.225 e. The quantitative estimate of drug-likeness (QED) is 0.932. The van der Waals surface area contributed by atoms with E-state index in [-0.39, 0.29) is 0 Å². The number of piperidine rings is 1. The van der Waals surface area contributed by atoms with Crippen LogP contribution in [0.4, 0.5) is 0 Å². The van der Waals surface area contributed by atoms with Crippen LogP contribution in [0.5, 0.6) is 0 Å². The van der Waals surface area contributed by atoms with Crippen LogP contribution in [-0.2, 0) is 4.79 Å². The number of hydrogen-bond acceptors (Lipinski definition) is 3. The fourth-order valence-electron chi connectivity index (χ4n) is 4.39. The number of nitriles is 1. The first kappa shape index (κ1) is 15.6. The van der Waals surface area contributed by atoms with E-state index in [1.165, 1.54) is 11.1 Å². The summed E-state index contributed by atoms with van der Waals surface area (Å²) in [6.45, 7) is 1.68. The number of benzene rings is 2. The summed E-state index contributed by atoms with van der Waals surface area (Å²) in [5, 5.41) is 12.5. The molecule has 2 aromatic rings. The lowest BCUT2D eigenvalue weighted by Gasteiger charge is -2.55. The molecule has 4 heteroatoms. The minimum atomic E-state index is 0.317. The molecule has 1 unspecified atom stereocenters. The van der Waals surface area contributed by atoms with E-state index in [1.54, 1.807) is 0 Å². The lowest BCUT2D eigenvalue weighted by atomic mass is 9.74.